The zero-order valence-corrected chi connectivity index (χ0v) is 11.6. The topological polar surface area (TPSA) is 26.0 Å². The normalized spacial score (nSPS) is 15.1. The summed E-state index contributed by atoms with van der Waals surface area (Å²) in [5.41, 5.74) is 8.53. The van der Waals surface area contributed by atoms with E-state index in [0.29, 0.717) is 23.0 Å². The molecule has 1 aromatic carbocycles. The van der Waals surface area contributed by atoms with Crippen LogP contribution in [-0.2, 0) is 0 Å². The molecular weight excluding hydrogens is 214 g/mol. The number of hydrogen-bond acceptors (Lipinski definition) is 2. The van der Waals surface area contributed by atoms with Gasteiger partial charge < -0.3 is 5.73 Å². The van der Waals surface area contributed by atoms with E-state index in [9.17, 15) is 0 Å². The van der Waals surface area contributed by atoms with Gasteiger partial charge in [0, 0.05) is 17.0 Å². The molecule has 0 saturated heterocycles. The molecule has 2 atom stereocenters. The first-order valence-corrected chi connectivity index (χ1v) is 6.91. The quantitative estimate of drug-likeness (QED) is 0.843. The van der Waals surface area contributed by atoms with E-state index in [0.717, 1.165) is 0 Å². The van der Waals surface area contributed by atoms with Gasteiger partial charge in [0.25, 0.3) is 0 Å². The Kier molecular flexibility index (Phi) is 5.36. The van der Waals surface area contributed by atoms with Crippen molar-refractivity contribution in [3.8, 4) is 0 Å². The number of aryl methyl sites for hydroxylation is 1. The average molecular weight is 237 g/mol. The molecule has 0 spiro atoms. The lowest BCUT2D eigenvalue weighted by atomic mass is 10.1. The summed E-state index contributed by atoms with van der Waals surface area (Å²) in [6.07, 6.45) is 0. The summed E-state index contributed by atoms with van der Waals surface area (Å²) in [5.74, 6) is 0.699. The Morgan fingerprint density at radius 1 is 1.12 bits per heavy atom. The van der Waals surface area contributed by atoms with E-state index >= 15 is 0 Å². The van der Waals surface area contributed by atoms with Gasteiger partial charge in [0.2, 0.25) is 0 Å². The molecule has 1 aromatic rings. The molecule has 0 aliphatic carbocycles. The molecule has 2 N–H and O–H groups in total. The Morgan fingerprint density at radius 2 is 1.69 bits per heavy atom. The minimum Gasteiger partial charge on any atom is -0.329 e. The van der Waals surface area contributed by atoms with Crippen LogP contribution in [-0.4, -0.2) is 11.8 Å². The molecule has 2 heteroatoms. The second-order valence-electron chi connectivity index (χ2n) is 4.72. The largest absolute Gasteiger partial charge is 0.329 e. The van der Waals surface area contributed by atoms with Crippen LogP contribution < -0.4 is 5.73 Å². The van der Waals surface area contributed by atoms with Gasteiger partial charge in [-0.1, -0.05) is 50.6 Å². The van der Waals surface area contributed by atoms with Crippen LogP contribution in [0.25, 0.3) is 0 Å². The molecule has 2 unspecified atom stereocenters. The van der Waals surface area contributed by atoms with Crippen molar-refractivity contribution < 1.29 is 0 Å². The molecular formula is C14H23NS. The summed E-state index contributed by atoms with van der Waals surface area (Å²) in [7, 11) is 0. The molecule has 0 aliphatic rings. The van der Waals surface area contributed by atoms with Gasteiger partial charge in [0.1, 0.15) is 0 Å². The maximum absolute atomic E-state index is 5.87. The first-order chi connectivity index (χ1) is 7.54. The van der Waals surface area contributed by atoms with Gasteiger partial charge in [-0.15, -0.1) is 11.8 Å². The Labute approximate surface area is 104 Å². The van der Waals surface area contributed by atoms with Gasteiger partial charge in [-0.05, 0) is 18.4 Å². The number of hydrogen-bond donors (Lipinski definition) is 1. The summed E-state index contributed by atoms with van der Waals surface area (Å²) in [5, 5.41) is 1.08. The lowest BCUT2D eigenvalue weighted by Crippen LogP contribution is -2.15. The van der Waals surface area contributed by atoms with Gasteiger partial charge in [-0.25, -0.2) is 0 Å². The van der Waals surface area contributed by atoms with Crippen molar-refractivity contribution in [3.63, 3.8) is 0 Å². The van der Waals surface area contributed by atoms with Crippen molar-refractivity contribution in [1.29, 1.82) is 0 Å². The van der Waals surface area contributed by atoms with E-state index in [1.54, 1.807) is 0 Å². The van der Waals surface area contributed by atoms with Crippen LogP contribution in [0.3, 0.4) is 0 Å². The van der Waals surface area contributed by atoms with Crippen LogP contribution in [0.4, 0.5) is 0 Å². The third kappa shape index (κ3) is 3.84. The second kappa shape index (κ2) is 6.31. The van der Waals surface area contributed by atoms with Crippen molar-refractivity contribution >= 4 is 11.8 Å². The number of benzene rings is 1. The molecule has 1 rings (SSSR count). The SMILES string of the molecule is Cc1ccc(C(CN)SC(C)C(C)C)cc1. The van der Waals surface area contributed by atoms with Crippen molar-refractivity contribution in [3.05, 3.63) is 35.4 Å². The van der Waals surface area contributed by atoms with E-state index in [-0.39, 0.29) is 0 Å². The van der Waals surface area contributed by atoms with Gasteiger partial charge in [-0.3, -0.25) is 0 Å². The Bertz CT molecular complexity index is 305. The van der Waals surface area contributed by atoms with E-state index < -0.39 is 0 Å². The third-order valence-electron chi connectivity index (χ3n) is 2.98. The van der Waals surface area contributed by atoms with Gasteiger partial charge in [-0.2, -0.15) is 0 Å². The van der Waals surface area contributed by atoms with Crippen LogP contribution >= 0.6 is 11.8 Å². The van der Waals surface area contributed by atoms with Gasteiger partial charge in [0.15, 0.2) is 0 Å². The van der Waals surface area contributed by atoms with Gasteiger partial charge >= 0.3 is 0 Å². The lowest BCUT2D eigenvalue weighted by Gasteiger charge is -2.22. The zero-order chi connectivity index (χ0) is 12.1. The van der Waals surface area contributed by atoms with Crippen molar-refractivity contribution in [2.75, 3.05) is 6.54 Å². The zero-order valence-electron chi connectivity index (χ0n) is 10.7. The molecule has 0 heterocycles. The van der Waals surface area contributed by atoms with E-state index in [4.69, 9.17) is 5.73 Å². The highest BCUT2D eigenvalue weighted by atomic mass is 32.2. The van der Waals surface area contributed by atoms with Crippen LogP contribution in [0, 0.1) is 12.8 Å². The number of nitrogens with two attached hydrogens (primary N) is 1. The standard InChI is InChI=1S/C14H23NS/c1-10(2)12(4)16-14(9-15)13-7-5-11(3)6-8-13/h5-8,10,12,14H,9,15H2,1-4H3. The summed E-state index contributed by atoms with van der Waals surface area (Å²) < 4.78 is 0. The minimum absolute atomic E-state index is 0.429. The number of thioether (sulfide) groups is 1. The first-order valence-electron chi connectivity index (χ1n) is 5.96. The number of rotatable bonds is 5. The molecule has 0 radical (unpaired) electrons. The maximum atomic E-state index is 5.87. The molecule has 0 saturated carbocycles. The van der Waals surface area contributed by atoms with Crippen molar-refractivity contribution in [2.45, 2.75) is 38.2 Å². The molecule has 0 aromatic heterocycles. The molecule has 0 fully saturated rings. The predicted molar refractivity (Wildman–Crippen MR) is 74.9 cm³/mol. The second-order valence-corrected chi connectivity index (χ2v) is 6.31. The minimum atomic E-state index is 0.429. The summed E-state index contributed by atoms with van der Waals surface area (Å²) >= 11 is 1.99. The van der Waals surface area contributed by atoms with Crippen molar-refractivity contribution in [2.24, 2.45) is 11.7 Å². The van der Waals surface area contributed by atoms with Crippen molar-refractivity contribution in [1.82, 2.24) is 0 Å². The van der Waals surface area contributed by atoms with Gasteiger partial charge in [0.05, 0.1) is 0 Å². The highest BCUT2D eigenvalue weighted by Crippen LogP contribution is 2.34. The molecule has 0 amide bonds. The summed E-state index contributed by atoms with van der Waals surface area (Å²) in [6.45, 7) is 9.64. The summed E-state index contributed by atoms with van der Waals surface area (Å²) in [4.78, 5) is 0. The first kappa shape index (κ1) is 13.6. The van der Waals surface area contributed by atoms with Crippen LogP contribution in [0.15, 0.2) is 24.3 Å². The van der Waals surface area contributed by atoms with E-state index in [1.807, 2.05) is 11.8 Å². The highest BCUT2D eigenvalue weighted by Gasteiger charge is 2.16. The lowest BCUT2D eigenvalue weighted by molar-refractivity contribution is 0.639. The van der Waals surface area contributed by atoms with E-state index in [2.05, 4.69) is 52.0 Å². The van der Waals surface area contributed by atoms with Crippen LogP contribution in [0.1, 0.15) is 37.1 Å². The van der Waals surface area contributed by atoms with Crippen LogP contribution in [0.5, 0.6) is 0 Å². The Hall–Kier alpha value is -0.470. The fraction of sp³-hybridized carbons (Fsp3) is 0.571. The molecule has 90 valence electrons. The fourth-order valence-corrected chi connectivity index (χ4v) is 2.73. The fourth-order valence-electron chi connectivity index (χ4n) is 1.47. The molecule has 1 nitrogen and oxygen atoms in total. The predicted octanol–water partition coefficient (Wildman–Crippen LogP) is 3.77. The third-order valence-corrected chi connectivity index (χ3v) is 4.75. The Balaban J connectivity index is 2.70. The average Bonchev–Trinajstić information content (AvgIpc) is 2.26. The van der Waals surface area contributed by atoms with E-state index in [1.165, 1.54) is 11.1 Å². The molecule has 0 bridgehead atoms. The monoisotopic (exact) mass is 237 g/mol. The molecule has 16 heavy (non-hydrogen) atoms. The van der Waals surface area contributed by atoms with Crippen LogP contribution in [0.2, 0.25) is 0 Å². The highest BCUT2D eigenvalue weighted by molar-refractivity contribution is 8.00. The smallest absolute Gasteiger partial charge is 0.0422 e. The summed E-state index contributed by atoms with van der Waals surface area (Å²) in [6, 6.07) is 8.73. The maximum Gasteiger partial charge on any atom is 0.0422 e. The Morgan fingerprint density at radius 3 is 2.12 bits per heavy atom. The molecule has 0 aliphatic heterocycles.